The molecule has 0 bridgehead atoms. The van der Waals surface area contributed by atoms with Gasteiger partial charge in [-0.2, -0.15) is 0 Å². The van der Waals surface area contributed by atoms with Crippen molar-refractivity contribution in [2.75, 3.05) is 0 Å². The molecule has 0 saturated carbocycles. The fourth-order valence-electron chi connectivity index (χ4n) is 1.54. The lowest BCUT2D eigenvalue weighted by Gasteiger charge is -2.07. The van der Waals surface area contributed by atoms with Crippen LogP contribution in [0.3, 0.4) is 0 Å². The van der Waals surface area contributed by atoms with E-state index >= 15 is 0 Å². The van der Waals surface area contributed by atoms with Crippen LogP contribution in [-0.2, 0) is 11.3 Å². The summed E-state index contributed by atoms with van der Waals surface area (Å²) in [4.78, 5) is 14.4. The Kier molecular flexibility index (Phi) is 3.79. The number of tetrazole rings is 1. The molecule has 2 aromatic heterocycles. The van der Waals surface area contributed by atoms with Crippen LogP contribution in [-0.4, -0.2) is 36.3 Å². The SMILES string of the molecule is CC(CCn1nnnc1-c1ccncc1F)C(=O)O. The average Bonchev–Trinajstić information content (AvgIpc) is 2.84. The number of aromatic nitrogens is 5. The average molecular weight is 265 g/mol. The molecule has 1 atom stereocenters. The Labute approximate surface area is 108 Å². The molecule has 0 aliphatic rings. The quantitative estimate of drug-likeness (QED) is 0.866. The molecular weight excluding hydrogens is 253 g/mol. The van der Waals surface area contributed by atoms with Gasteiger partial charge < -0.3 is 5.11 Å². The first-order valence-electron chi connectivity index (χ1n) is 5.68. The summed E-state index contributed by atoms with van der Waals surface area (Å²) in [6.07, 6.45) is 2.88. The number of carboxylic acid groups (broad SMARTS) is 1. The van der Waals surface area contributed by atoms with Crippen molar-refractivity contribution >= 4 is 5.97 Å². The second kappa shape index (κ2) is 5.51. The third-order valence-corrected chi connectivity index (χ3v) is 2.74. The summed E-state index contributed by atoms with van der Waals surface area (Å²) < 4.78 is 15.0. The molecule has 0 amide bonds. The molecule has 19 heavy (non-hydrogen) atoms. The molecular formula is C11H12FN5O2. The first kappa shape index (κ1) is 13.1. The smallest absolute Gasteiger partial charge is 0.306 e. The molecule has 0 spiro atoms. The van der Waals surface area contributed by atoms with Crippen LogP contribution in [0.15, 0.2) is 18.5 Å². The van der Waals surface area contributed by atoms with E-state index in [1.54, 1.807) is 6.92 Å². The molecule has 2 heterocycles. The lowest BCUT2D eigenvalue weighted by molar-refractivity contribution is -0.141. The molecule has 0 aliphatic carbocycles. The first-order valence-corrected chi connectivity index (χ1v) is 5.68. The summed E-state index contributed by atoms with van der Waals surface area (Å²) in [6.45, 7) is 1.90. The highest BCUT2D eigenvalue weighted by atomic mass is 19.1. The number of aryl methyl sites for hydroxylation is 1. The van der Waals surface area contributed by atoms with Gasteiger partial charge in [0.1, 0.15) is 0 Å². The predicted molar refractivity (Wildman–Crippen MR) is 62.4 cm³/mol. The zero-order valence-electron chi connectivity index (χ0n) is 10.2. The summed E-state index contributed by atoms with van der Waals surface area (Å²) in [5.41, 5.74) is 0.239. The van der Waals surface area contributed by atoms with Gasteiger partial charge in [0.25, 0.3) is 0 Å². The summed E-state index contributed by atoms with van der Waals surface area (Å²) in [5, 5.41) is 19.8. The monoisotopic (exact) mass is 265 g/mol. The van der Waals surface area contributed by atoms with Crippen molar-refractivity contribution < 1.29 is 14.3 Å². The lowest BCUT2D eigenvalue weighted by Crippen LogP contribution is -2.14. The molecule has 1 N–H and O–H groups in total. The fraction of sp³-hybridized carbons (Fsp3) is 0.364. The van der Waals surface area contributed by atoms with Crippen LogP contribution in [0.25, 0.3) is 11.4 Å². The molecule has 100 valence electrons. The van der Waals surface area contributed by atoms with Crippen LogP contribution in [0.1, 0.15) is 13.3 Å². The van der Waals surface area contributed by atoms with Crippen LogP contribution in [0.2, 0.25) is 0 Å². The largest absolute Gasteiger partial charge is 0.481 e. The fourth-order valence-corrected chi connectivity index (χ4v) is 1.54. The third kappa shape index (κ3) is 2.90. The van der Waals surface area contributed by atoms with Crippen LogP contribution in [0.4, 0.5) is 4.39 Å². The topological polar surface area (TPSA) is 93.8 Å². The number of rotatable bonds is 5. The maximum absolute atomic E-state index is 13.6. The highest BCUT2D eigenvalue weighted by Crippen LogP contribution is 2.19. The van der Waals surface area contributed by atoms with E-state index in [0.29, 0.717) is 13.0 Å². The van der Waals surface area contributed by atoms with Crippen molar-refractivity contribution in [2.24, 2.45) is 5.92 Å². The normalized spacial score (nSPS) is 12.3. The molecule has 8 heteroatoms. The lowest BCUT2D eigenvalue weighted by atomic mass is 10.1. The van der Waals surface area contributed by atoms with Crippen molar-refractivity contribution in [3.63, 3.8) is 0 Å². The molecule has 0 aliphatic heterocycles. The summed E-state index contributed by atoms with van der Waals surface area (Å²) in [7, 11) is 0. The van der Waals surface area contributed by atoms with E-state index in [1.807, 2.05) is 0 Å². The number of hydrogen-bond acceptors (Lipinski definition) is 5. The Morgan fingerprint density at radius 2 is 2.37 bits per heavy atom. The number of carbonyl (C=O) groups is 1. The minimum absolute atomic E-state index is 0.239. The first-order chi connectivity index (χ1) is 9.09. The second-order valence-corrected chi connectivity index (χ2v) is 4.11. The van der Waals surface area contributed by atoms with Crippen molar-refractivity contribution in [1.82, 2.24) is 25.2 Å². The Balaban J connectivity index is 2.19. The zero-order valence-corrected chi connectivity index (χ0v) is 10.2. The zero-order chi connectivity index (χ0) is 13.8. The number of aliphatic carboxylic acids is 1. The Morgan fingerprint density at radius 1 is 1.58 bits per heavy atom. The second-order valence-electron chi connectivity index (χ2n) is 4.11. The van der Waals surface area contributed by atoms with Crippen LogP contribution in [0.5, 0.6) is 0 Å². The highest BCUT2D eigenvalue weighted by Gasteiger charge is 2.16. The standard InChI is InChI=1S/C11H12FN5O2/c1-7(11(18)19)3-5-17-10(14-15-16-17)8-2-4-13-6-9(8)12/h2,4,6-7H,3,5H2,1H3,(H,18,19). The van der Waals surface area contributed by atoms with Gasteiger partial charge in [0, 0.05) is 12.7 Å². The van der Waals surface area contributed by atoms with Crippen molar-refractivity contribution in [1.29, 1.82) is 0 Å². The number of nitrogens with zero attached hydrogens (tertiary/aromatic N) is 5. The Bertz CT molecular complexity index is 586. The molecule has 0 saturated heterocycles. The van der Waals surface area contributed by atoms with Crippen LogP contribution < -0.4 is 0 Å². The van der Waals surface area contributed by atoms with Crippen molar-refractivity contribution in [3.05, 3.63) is 24.3 Å². The van der Waals surface area contributed by atoms with Gasteiger partial charge in [-0.15, -0.1) is 5.10 Å². The van der Waals surface area contributed by atoms with Gasteiger partial charge in [0.2, 0.25) is 0 Å². The van der Waals surface area contributed by atoms with E-state index in [4.69, 9.17) is 5.11 Å². The maximum Gasteiger partial charge on any atom is 0.306 e. The van der Waals surface area contributed by atoms with E-state index in [-0.39, 0.29) is 11.4 Å². The van der Waals surface area contributed by atoms with Gasteiger partial charge >= 0.3 is 5.97 Å². The van der Waals surface area contributed by atoms with Gasteiger partial charge in [-0.1, -0.05) is 6.92 Å². The summed E-state index contributed by atoms with van der Waals surface area (Å²) in [6, 6.07) is 1.47. The van der Waals surface area contributed by atoms with E-state index in [9.17, 15) is 9.18 Å². The highest BCUT2D eigenvalue weighted by molar-refractivity contribution is 5.69. The molecule has 7 nitrogen and oxygen atoms in total. The number of halogens is 1. The van der Waals surface area contributed by atoms with Gasteiger partial charge in [-0.25, -0.2) is 9.07 Å². The molecule has 1 unspecified atom stereocenters. The van der Waals surface area contributed by atoms with Gasteiger partial charge in [-0.3, -0.25) is 9.78 Å². The predicted octanol–water partition coefficient (Wildman–Crippen LogP) is 0.985. The number of pyridine rings is 1. The van der Waals surface area contributed by atoms with Gasteiger partial charge in [-0.05, 0) is 22.9 Å². The molecule has 2 rings (SSSR count). The van der Waals surface area contributed by atoms with Crippen LogP contribution in [0, 0.1) is 11.7 Å². The minimum atomic E-state index is -0.885. The molecule has 0 fully saturated rings. The van der Waals surface area contributed by atoms with Gasteiger partial charge in [0.05, 0.1) is 17.7 Å². The molecule has 0 radical (unpaired) electrons. The van der Waals surface area contributed by atoms with E-state index in [0.717, 1.165) is 6.20 Å². The molecule has 0 aromatic carbocycles. The Morgan fingerprint density at radius 3 is 3.05 bits per heavy atom. The van der Waals surface area contributed by atoms with Crippen molar-refractivity contribution in [2.45, 2.75) is 19.9 Å². The maximum atomic E-state index is 13.6. The Hall–Kier alpha value is -2.38. The van der Waals surface area contributed by atoms with Crippen LogP contribution >= 0.6 is 0 Å². The minimum Gasteiger partial charge on any atom is -0.481 e. The molecule has 2 aromatic rings. The van der Waals surface area contributed by atoms with E-state index < -0.39 is 17.7 Å². The third-order valence-electron chi connectivity index (χ3n) is 2.74. The van der Waals surface area contributed by atoms with Gasteiger partial charge in [0.15, 0.2) is 11.6 Å². The van der Waals surface area contributed by atoms with Crippen molar-refractivity contribution in [3.8, 4) is 11.4 Å². The summed E-state index contributed by atoms with van der Waals surface area (Å²) >= 11 is 0. The number of carboxylic acids is 1. The summed E-state index contributed by atoms with van der Waals surface area (Å²) in [5.74, 6) is -1.66. The van der Waals surface area contributed by atoms with E-state index in [2.05, 4.69) is 20.5 Å². The van der Waals surface area contributed by atoms with E-state index in [1.165, 1.54) is 16.9 Å². The number of hydrogen-bond donors (Lipinski definition) is 1.